The maximum absolute atomic E-state index is 11.7. The molecule has 0 spiro atoms. The summed E-state index contributed by atoms with van der Waals surface area (Å²) in [5.41, 5.74) is 0. The third kappa shape index (κ3) is 4.80. The molecule has 1 aliphatic heterocycles. The highest BCUT2D eigenvalue weighted by Crippen LogP contribution is 2.09. The molecule has 1 rings (SSSR count). The van der Waals surface area contributed by atoms with Crippen LogP contribution in [0.15, 0.2) is 0 Å². The van der Waals surface area contributed by atoms with Crippen LogP contribution >= 0.6 is 0 Å². The van der Waals surface area contributed by atoms with Gasteiger partial charge in [0, 0.05) is 39.0 Å². The molecule has 0 aromatic rings. The van der Waals surface area contributed by atoms with Crippen LogP contribution in [-0.4, -0.2) is 37.0 Å². The van der Waals surface area contributed by atoms with Crippen LogP contribution in [0.1, 0.15) is 32.1 Å². The molecular weight excluding hydrogens is 190 g/mol. The first-order valence-corrected chi connectivity index (χ1v) is 5.70. The van der Waals surface area contributed by atoms with Crippen LogP contribution in [0, 0.1) is 11.3 Å². The minimum Gasteiger partial charge on any atom is -0.343 e. The van der Waals surface area contributed by atoms with Crippen molar-refractivity contribution >= 4 is 5.91 Å². The van der Waals surface area contributed by atoms with E-state index in [9.17, 15) is 4.79 Å². The lowest BCUT2D eigenvalue weighted by Crippen LogP contribution is -2.37. The van der Waals surface area contributed by atoms with Crippen LogP contribution in [-0.2, 0) is 4.79 Å². The first kappa shape index (κ1) is 12.0. The van der Waals surface area contributed by atoms with Crippen molar-refractivity contribution in [3.05, 3.63) is 0 Å². The third-order valence-electron chi connectivity index (χ3n) is 2.64. The van der Waals surface area contributed by atoms with Crippen LogP contribution < -0.4 is 5.32 Å². The van der Waals surface area contributed by atoms with E-state index in [2.05, 4.69) is 11.4 Å². The fraction of sp³-hybridized carbons (Fsp3) is 0.818. The highest BCUT2D eigenvalue weighted by Gasteiger charge is 2.15. The molecule has 0 radical (unpaired) electrons. The van der Waals surface area contributed by atoms with Gasteiger partial charge in [-0.05, 0) is 19.3 Å². The zero-order valence-corrected chi connectivity index (χ0v) is 9.17. The van der Waals surface area contributed by atoms with E-state index >= 15 is 0 Å². The van der Waals surface area contributed by atoms with Crippen LogP contribution in [0.25, 0.3) is 0 Å². The number of rotatable bonds is 5. The van der Waals surface area contributed by atoms with E-state index in [0.717, 1.165) is 25.9 Å². The second-order valence-electron chi connectivity index (χ2n) is 3.85. The van der Waals surface area contributed by atoms with Crippen molar-refractivity contribution in [2.75, 3.05) is 26.2 Å². The minimum atomic E-state index is 0.249. The predicted octanol–water partition coefficient (Wildman–Crippen LogP) is 0.892. The molecular formula is C11H19N3O. The van der Waals surface area contributed by atoms with Crippen molar-refractivity contribution in [3.63, 3.8) is 0 Å². The molecule has 1 fully saturated rings. The Morgan fingerprint density at radius 3 is 2.67 bits per heavy atom. The summed E-state index contributed by atoms with van der Waals surface area (Å²) in [7, 11) is 0. The molecule has 0 aromatic heterocycles. The number of nitrogens with one attached hydrogen (secondary N) is 1. The lowest BCUT2D eigenvalue weighted by molar-refractivity contribution is -0.131. The number of likely N-dealkylation sites (tertiary alicyclic amines) is 1. The Morgan fingerprint density at radius 1 is 1.27 bits per heavy atom. The molecule has 1 N–H and O–H groups in total. The quantitative estimate of drug-likeness (QED) is 0.684. The van der Waals surface area contributed by atoms with Crippen molar-refractivity contribution in [3.8, 4) is 6.07 Å². The van der Waals surface area contributed by atoms with Crippen LogP contribution in [0.2, 0.25) is 0 Å². The standard InChI is InChI=1S/C11H19N3O/c12-6-4-7-13-8-5-11(15)14-9-2-1-3-10-14/h13H,1-5,7-10H2. The molecule has 0 bridgehead atoms. The van der Waals surface area contributed by atoms with Gasteiger partial charge in [0.05, 0.1) is 6.07 Å². The van der Waals surface area contributed by atoms with Gasteiger partial charge in [-0.15, -0.1) is 0 Å². The molecule has 4 heteroatoms. The molecule has 1 aliphatic rings. The normalized spacial score (nSPS) is 16.1. The van der Waals surface area contributed by atoms with E-state index in [1.54, 1.807) is 0 Å². The Morgan fingerprint density at radius 2 is 2.00 bits per heavy atom. The van der Waals surface area contributed by atoms with Crippen molar-refractivity contribution in [1.29, 1.82) is 5.26 Å². The number of nitrogens with zero attached hydrogens (tertiary/aromatic N) is 2. The van der Waals surface area contributed by atoms with Gasteiger partial charge in [0.25, 0.3) is 0 Å². The second kappa shape index (κ2) is 7.24. The molecule has 0 saturated carbocycles. The fourth-order valence-electron chi connectivity index (χ4n) is 1.77. The summed E-state index contributed by atoms with van der Waals surface area (Å²) in [6, 6.07) is 2.06. The monoisotopic (exact) mass is 209 g/mol. The number of hydrogen-bond acceptors (Lipinski definition) is 3. The first-order chi connectivity index (χ1) is 7.34. The molecule has 4 nitrogen and oxygen atoms in total. The maximum Gasteiger partial charge on any atom is 0.223 e. The summed E-state index contributed by atoms with van der Waals surface area (Å²) in [5.74, 6) is 0.249. The number of carbonyl (C=O) groups is 1. The summed E-state index contributed by atoms with van der Waals surface area (Å²) < 4.78 is 0. The Hall–Kier alpha value is -1.08. The van der Waals surface area contributed by atoms with E-state index in [4.69, 9.17) is 5.26 Å². The van der Waals surface area contributed by atoms with Gasteiger partial charge < -0.3 is 10.2 Å². The summed E-state index contributed by atoms with van der Waals surface area (Å²) >= 11 is 0. The molecule has 0 aliphatic carbocycles. The van der Waals surface area contributed by atoms with Crippen LogP contribution in [0.5, 0.6) is 0 Å². The van der Waals surface area contributed by atoms with Gasteiger partial charge in [-0.1, -0.05) is 0 Å². The van der Waals surface area contributed by atoms with E-state index in [-0.39, 0.29) is 5.91 Å². The predicted molar refractivity (Wildman–Crippen MR) is 58.1 cm³/mol. The lowest BCUT2D eigenvalue weighted by atomic mass is 10.1. The Kier molecular flexibility index (Phi) is 5.79. The van der Waals surface area contributed by atoms with Gasteiger partial charge in [-0.2, -0.15) is 5.26 Å². The van der Waals surface area contributed by atoms with Gasteiger partial charge in [-0.25, -0.2) is 0 Å². The molecule has 1 saturated heterocycles. The molecule has 1 amide bonds. The van der Waals surface area contributed by atoms with Gasteiger partial charge in [0.15, 0.2) is 0 Å². The third-order valence-corrected chi connectivity index (χ3v) is 2.64. The number of nitriles is 1. The van der Waals surface area contributed by atoms with Crippen LogP contribution in [0.3, 0.4) is 0 Å². The fourth-order valence-corrected chi connectivity index (χ4v) is 1.77. The number of carbonyl (C=O) groups excluding carboxylic acids is 1. The Balaban J connectivity index is 2.05. The van der Waals surface area contributed by atoms with Crippen molar-refractivity contribution in [1.82, 2.24) is 10.2 Å². The number of hydrogen-bond donors (Lipinski definition) is 1. The van der Waals surface area contributed by atoms with Crippen LogP contribution in [0.4, 0.5) is 0 Å². The maximum atomic E-state index is 11.7. The zero-order chi connectivity index (χ0) is 10.9. The van der Waals surface area contributed by atoms with Gasteiger partial charge in [0.1, 0.15) is 0 Å². The van der Waals surface area contributed by atoms with E-state index in [0.29, 0.717) is 25.9 Å². The van der Waals surface area contributed by atoms with Crippen molar-refractivity contribution in [2.45, 2.75) is 32.1 Å². The summed E-state index contributed by atoms with van der Waals surface area (Å²) in [4.78, 5) is 13.6. The average Bonchev–Trinajstić information content (AvgIpc) is 2.30. The largest absolute Gasteiger partial charge is 0.343 e. The summed E-state index contributed by atoms with van der Waals surface area (Å²) in [5, 5.41) is 11.4. The van der Waals surface area contributed by atoms with Gasteiger partial charge in [-0.3, -0.25) is 4.79 Å². The molecule has 0 atom stereocenters. The van der Waals surface area contributed by atoms with Crippen molar-refractivity contribution in [2.24, 2.45) is 0 Å². The molecule has 84 valence electrons. The molecule has 0 aromatic carbocycles. The lowest BCUT2D eigenvalue weighted by Gasteiger charge is -2.26. The Labute approximate surface area is 91.2 Å². The van der Waals surface area contributed by atoms with E-state index in [1.165, 1.54) is 6.42 Å². The second-order valence-corrected chi connectivity index (χ2v) is 3.85. The van der Waals surface area contributed by atoms with Gasteiger partial charge in [0.2, 0.25) is 5.91 Å². The van der Waals surface area contributed by atoms with E-state index < -0.39 is 0 Å². The Bertz CT molecular complexity index is 228. The van der Waals surface area contributed by atoms with Gasteiger partial charge >= 0.3 is 0 Å². The highest BCUT2D eigenvalue weighted by atomic mass is 16.2. The summed E-state index contributed by atoms with van der Waals surface area (Å²) in [6.45, 7) is 3.23. The zero-order valence-electron chi connectivity index (χ0n) is 9.17. The summed E-state index contributed by atoms with van der Waals surface area (Å²) in [6.07, 6.45) is 4.62. The SMILES string of the molecule is N#CCCNCCC(=O)N1CCCCC1. The van der Waals surface area contributed by atoms with Crippen molar-refractivity contribution < 1.29 is 4.79 Å². The minimum absolute atomic E-state index is 0.249. The topological polar surface area (TPSA) is 56.1 Å². The number of amides is 1. The molecule has 15 heavy (non-hydrogen) atoms. The molecule has 1 heterocycles. The highest BCUT2D eigenvalue weighted by molar-refractivity contribution is 5.76. The smallest absolute Gasteiger partial charge is 0.223 e. The average molecular weight is 209 g/mol. The first-order valence-electron chi connectivity index (χ1n) is 5.70. The van der Waals surface area contributed by atoms with E-state index in [1.807, 2.05) is 4.90 Å². The molecule has 0 unspecified atom stereocenters. The number of piperidine rings is 1.